The molecule has 2 aromatic heterocycles. The molecule has 2 aromatic rings. The standard InChI is InChI=1S/C8H9ClN4/c1-2-10-5-3-6(9)13-8-7(5)11-4-12-8/h3-4H,2H2,1H3,(H2,10,11,12,13). The molecule has 2 rings (SSSR count). The summed E-state index contributed by atoms with van der Waals surface area (Å²) in [5.41, 5.74) is 2.48. The van der Waals surface area contributed by atoms with E-state index in [1.54, 1.807) is 12.4 Å². The molecule has 0 fully saturated rings. The van der Waals surface area contributed by atoms with E-state index >= 15 is 0 Å². The lowest BCUT2D eigenvalue weighted by molar-refractivity contribution is 1.21. The molecule has 0 aromatic carbocycles. The fraction of sp³-hybridized carbons (Fsp3) is 0.250. The van der Waals surface area contributed by atoms with Crippen LogP contribution in [0.5, 0.6) is 0 Å². The maximum Gasteiger partial charge on any atom is 0.180 e. The number of hydrogen-bond acceptors (Lipinski definition) is 3. The molecule has 0 bridgehead atoms. The number of hydrogen-bond donors (Lipinski definition) is 2. The van der Waals surface area contributed by atoms with E-state index in [1.807, 2.05) is 6.92 Å². The van der Waals surface area contributed by atoms with E-state index in [4.69, 9.17) is 11.6 Å². The summed E-state index contributed by atoms with van der Waals surface area (Å²) in [4.78, 5) is 11.1. The first-order valence-corrected chi connectivity index (χ1v) is 4.42. The first-order valence-electron chi connectivity index (χ1n) is 4.04. The SMILES string of the molecule is CCNc1cc(Cl)nc2nc[nH]c12. The normalized spacial score (nSPS) is 10.6. The zero-order valence-electron chi connectivity index (χ0n) is 7.13. The number of aromatic nitrogens is 3. The third-order valence-electron chi connectivity index (χ3n) is 1.73. The molecule has 0 amide bonds. The van der Waals surface area contributed by atoms with Gasteiger partial charge >= 0.3 is 0 Å². The van der Waals surface area contributed by atoms with Crippen molar-refractivity contribution in [1.29, 1.82) is 0 Å². The van der Waals surface area contributed by atoms with Gasteiger partial charge in [0.15, 0.2) is 5.65 Å². The number of nitrogens with one attached hydrogen (secondary N) is 2. The lowest BCUT2D eigenvalue weighted by Crippen LogP contribution is -1.98. The van der Waals surface area contributed by atoms with Gasteiger partial charge in [-0.2, -0.15) is 0 Å². The van der Waals surface area contributed by atoms with Gasteiger partial charge in [-0.15, -0.1) is 0 Å². The average Bonchev–Trinajstić information content (AvgIpc) is 2.52. The van der Waals surface area contributed by atoms with Gasteiger partial charge in [0.1, 0.15) is 10.7 Å². The number of imidazole rings is 1. The molecule has 0 aliphatic heterocycles. The van der Waals surface area contributed by atoms with E-state index in [0.717, 1.165) is 17.7 Å². The molecule has 0 saturated heterocycles. The van der Waals surface area contributed by atoms with E-state index in [-0.39, 0.29) is 0 Å². The summed E-state index contributed by atoms with van der Waals surface area (Å²) in [5, 5.41) is 3.64. The molecule has 13 heavy (non-hydrogen) atoms. The van der Waals surface area contributed by atoms with Gasteiger partial charge in [-0.25, -0.2) is 9.97 Å². The van der Waals surface area contributed by atoms with E-state index < -0.39 is 0 Å². The van der Waals surface area contributed by atoms with Crippen LogP contribution in [-0.2, 0) is 0 Å². The van der Waals surface area contributed by atoms with Crippen LogP contribution in [0.1, 0.15) is 6.92 Å². The number of aromatic amines is 1. The minimum atomic E-state index is 0.454. The van der Waals surface area contributed by atoms with Crippen LogP contribution in [0.4, 0.5) is 5.69 Å². The molecule has 0 radical (unpaired) electrons. The minimum Gasteiger partial charge on any atom is -0.383 e. The molecule has 0 spiro atoms. The summed E-state index contributed by atoms with van der Waals surface area (Å²) in [5.74, 6) is 0. The number of nitrogens with zero attached hydrogens (tertiary/aromatic N) is 2. The molecule has 0 aliphatic rings. The van der Waals surface area contributed by atoms with Crippen molar-refractivity contribution in [3.05, 3.63) is 17.5 Å². The van der Waals surface area contributed by atoms with Gasteiger partial charge in [0.2, 0.25) is 0 Å². The molecule has 4 nitrogen and oxygen atoms in total. The first-order chi connectivity index (χ1) is 6.31. The van der Waals surface area contributed by atoms with Crippen LogP contribution in [0, 0.1) is 0 Å². The lowest BCUT2D eigenvalue weighted by Gasteiger charge is -2.03. The van der Waals surface area contributed by atoms with Gasteiger partial charge in [0.25, 0.3) is 0 Å². The summed E-state index contributed by atoms with van der Waals surface area (Å²) >= 11 is 5.81. The number of rotatable bonds is 2. The summed E-state index contributed by atoms with van der Waals surface area (Å²) in [6.07, 6.45) is 1.61. The third-order valence-corrected chi connectivity index (χ3v) is 1.93. The number of H-pyrrole nitrogens is 1. The van der Waals surface area contributed by atoms with Crippen molar-refractivity contribution in [2.45, 2.75) is 6.92 Å². The van der Waals surface area contributed by atoms with Crippen molar-refractivity contribution in [3.63, 3.8) is 0 Å². The van der Waals surface area contributed by atoms with Crippen LogP contribution in [-0.4, -0.2) is 21.5 Å². The highest BCUT2D eigenvalue weighted by atomic mass is 35.5. The molecule has 5 heteroatoms. The van der Waals surface area contributed by atoms with Gasteiger partial charge < -0.3 is 10.3 Å². The highest BCUT2D eigenvalue weighted by Gasteiger charge is 2.05. The Hall–Kier alpha value is -1.29. The quantitative estimate of drug-likeness (QED) is 0.723. The van der Waals surface area contributed by atoms with Gasteiger partial charge in [0.05, 0.1) is 12.0 Å². The smallest absolute Gasteiger partial charge is 0.180 e. The van der Waals surface area contributed by atoms with Crippen LogP contribution in [0.25, 0.3) is 11.2 Å². The molecular weight excluding hydrogens is 188 g/mol. The van der Waals surface area contributed by atoms with E-state index in [1.165, 1.54) is 0 Å². The van der Waals surface area contributed by atoms with Crippen LogP contribution in [0.3, 0.4) is 0 Å². The second-order valence-electron chi connectivity index (χ2n) is 2.62. The Morgan fingerprint density at radius 1 is 1.62 bits per heavy atom. The van der Waals surface area contributed by atoms with Gasteiger partial charge in [0, 0.05) is 12.6 Å². The Morgan fingerprint density at radius 3 is 3.23 bits per heavy atom. The Labute approximate surface area is 80.3 Å². The maximum absolute atomic E-state index is 5.81. The summed E-state index contributed by atoms with van der Waals surface area (Å²) in [6.45, 7) is 2.87. The molecule has 0 aliphatic carbocycles. The molecule has 2 N–H and O–H groups in total. The van der Waals surface area contributed by atoms with E-state index in [0.29, 0.717) is 10.8 Å². The van der Waals surface area contributed by atoms with Crippen molar-refractivity contribution in [1.82, 2.24) is 15.0 Å². The molecule has 2 heterocycles. The van der Waals surface area contributed by atoms with Crippen LogP contribution in [0.15, 0.2) is 12.4 Å². The molecule has 0 atom stereocenters. The first kappa shape index (κ1) is 8.31. The van der Waals surface area contributed by atoms with E-state index in [2.05, 4.69) is 20.3 Å². The fourth-order valence-electron chi connectivity index (χ4n) is 1.22. The average molecular weight is 197 g/mol. The molecular formula is C8H9ClN4. The number of fused-ring (bicyclic) bond motifs is 1. The second-order valence-corrected chi connectivity index (χ2v) is 3.01. The number of anilines is 1. The monoisotopic (exact) mass is 196 g/mol. The van der Waals surface area contributed by atoms with Gasteiger partial charge in [-0.1, -0.05) is 11.6 Å². The Bertz CT molecular complexity index is 423. The third kappa shape index (κ3) is 1.45. The predicted molar refractivity (Wildman–Crippen MR) is 53.1 cm³/mol. The fourth-order valence-corrected chi connectivity index (χ4v) is 1.41. The predicted octanol–water partition coefficient (Wildman–Crippen LogP) is 2.04. The summed E-state index contributed by atoms with van der Waals surface area (Å²) in [7, 11) is 0. The van der Waals surface area contributed by atoms with Crippen LogP contribution in [0.2, 0.25) is 5.15 Å². The van der Waals surface area contributed by atoms with Crippen molar-refractivity contribution in [2.24, 2.45) is 0 Å². The minimum absolute atomic E-state index is 0.454. The number of halogens is 1. The van der Waals surface area contributed by atoms with Crippen molar-refractivity contribution < 1.29 is 0 Å². The highest BCUT2D eigenvalue weighted by Crippen LogP contribution is 2.21. The van der Waals surface area contributed by atoms with Crippen LogP contribution >= 0.6 is 11.6 Å². The Kier molecular flexibility index (Phi) is 2.06. The maximum atomic E-state index is 5.81. The molecule has 0 unspecified atom stereocenters. The van der Waals surface area contributed by atoms with Gasteiger partial charge in [-0.05, 0) is 6.92 Å². The lowest BCUT2D eigenvalue weighted by atomic mass is 10.3. The molecule has 68 valence electrons. The Morgan fingerprint density at radius 2 is 2.46 bits per heavy atom. The summed E-state index contributed by atoms with van der Waals surface area (Å²) in [6, 6.07) is 1.78. The van der Waals surface area contributed by atoms with Gasteiger partial charge in [-0.3, -0.25) is 0 Å². The van der Waals surface area contributed by atoms with Crippen molar-refractivity contribution in [3.8, 4) is 0 Å². The zero-order valence-corrected chi connectivity index (χ0v) is 7.89. The van der Waals surface area contributed by atoms with E-state index in [9.17, 15) is 0 Å². The Balaban J connectivity index is 2.63. The molecule has 0 saturated carbocycles. The summed E-state index contributed by atoms with van der Waals surface area (Å²) < 4.78 is 0. The zero-order chi connectivity index (χ0) is 9.26. The largest absolute Gasteiger partial charge is 0.383 e. The second kappa shape index (κ2) is 3.22. The van der Waals surface area contributed by atoms with Crippen molar-refractivity contribution >= 4 is 28.5 Å². The highest BCUT2D eigenvalue weighted by molar-refractivity contribution is 6.30. The topological polar surface area (TPSA) is 53.6 Å². The number of pyridine rings is 1. The van der Waals surface area contributed by atoms with Crippen molar-refractivity contribution in [2.75, 3.05) is 11.9 Å². The van der Waals surface area contributed by atoms with Crippen LogP contribution < -0.4 is 5.32 Å².